The Morgan fingerprint density at radius 2 is 1.86 bits per heavy atom. The van der Waals surface area contributed by atoms with Crippen LogP contribution in [0.3, 0.4) is 0 Å². The molecule has 1 spiro atoms. The van der Waals surface area contributed by atoms with Gasteiger partial charge < -0.3 is 28.7 Å². The number of hydrogen-bond donors (Lipinski definition) is 1. The first-order valence-electron chi connectivity index (χ1n) is 14.0. The fourth-order valence-corrected chi connectivity index (χ4v) is 6.36. The number of nitrogens with one attached hydrogen (secondary N) is 1. The highest BCUT2D eigenvalue weighted by atomic mass is 28.4. The Morgan fingerprint density at radius 3 is 2.46 bits per heavy atom. The van der Waals surface area contributed by atoms with E-state index in [1.165, 1.54) is 0 Å². The van der Waals surface area contributed by atoms with E-state index in [0.29, 0.717) is 32.5 Å². The Labute approximate surface area is 225 Å². The summed E-state index contributed by atoms with van der Waals surface area (Å²) >= 11 is 0. The van der Waals surface area contributed by atoms with E-state index < -0.39 is 8.32 Å². The molecular formula is C29H51NO6Si. The largest absolute Gasteiger partial charge is 0.414 e. The predicted octanol–water partition coefficient (Wildman–Crippen LogP) is 5.65. The molecule has 0 aromatic heterocycles. The monoisotopic (exact) mass is 537 g/mol. The number of amides is 1. The van der Waals surface area contributed by atoms with Crippen LogP contribution in [0.15, 0.2) is 23.8 Å². The molecule has 3 atom stereocenters. The average Bonchev–Trinajstić information content (AvgIpc) is 3.51. The van der Waals surface area contributed by atoms with Gasteiger partial charge in [-0.05, 0) is 52.2 Å². The molecule has 3 heterocycles. The van der Waals surface area contributed by atoms with Crippen LogP contribution < -0.4 is 5.32 Å². The van der Waals surface area contributed by atoms with Crippen LogP contribution in [0.2, 0.25) is 18.1 Å². The fourth-order valence-electron chi connectivity index (χ4n) is 4.88. The number of ether oxygens (including phenoxy) is 4. The topological polar surface area (TPSA) is 78.5 Å². The van der Waals surface area contributed by atoms with Gasteiger partial charge in [0.2, 0.25) is 5.91 Å². The first-order chi connectivity index (χ1) is 17.1. The van der Waals surface area contributed by atoms with Crippen molar-refractivity contribution in [1.82, 2.24) is 5.32 Å². The normalized spacial score (nSPS) is 31.5. The van der Waals surface area contributed by atoms with E-state index in [2.05, 4.69) is 85.1 Å². The molecule has 8 heteroatoms. The highest BCUT2D eigenvalue weighted by Gasteiger charge is 2.53. The minimum atomic E-state index is -1.82. The summed E-state index contributed by atoms with van der Waals surface area (Å²) < 4.78 is 30.0. The molecule has 3 aliphatic heterocycles. The number of carbonyl (C=O) groups is 1. The third-order valence-electron chi connectivity index (χ3n) is 7.96. The van der Waals surface area contributed by atoms with Crippen LogP contribution >= 0.6 is 0 Å². The third-order valence-corrected chi connectivity index (χ3v) is 12.6. The number of hydrogen-bond acceptors (Lipinski definition) is 6. The lowest BCUT2D eigenvalue weighted by Gasteiger charge is -2.38. The van der Waals surface area contributed by atoms with Crippen molar-refractivity contribution in [2.45, 2.75) is 134 Å². The van der Waals surface area contributed by atoms with Crippen LogP contribution in [-0.2, 0) is 28.2 Å². The summed E-state index contributed by atoms with van der Waals surface area (Å²) in [5, 5.41) is 3.21. The molecule has 0 aliphatic carbocycles. The smallest absolute Gasteiger partial charge is 0.220 e. The molecule has 1 unspecified atom stereocenters. The molecule has 0 aromatic rings. The molecule has 3 rings (SSSR count). The summed E-state index contributed by atoms with van der Waals surface area (Å²) in [6, 6.07) is -0.117. The van der Waals surface area contributed by atoms with E-state index >= 15 is 0 Å². The zero-order chi connectivity index (χ0) is 27.5. The Bertz CT molecular complexity index is 828. The predicted molar refractivity (Wildman–Crippen MR) is 149 cm³/mol. The second-order valence-electron chi connectivity index (χ2n) is 13.4. The van der Waals surface area contributed by atoms with E-state index in [4.69, 9.17) is 23.4 Å². The zero-order valence-electron chi connectivity index (χ0n) is 24.6. The number of epoxide rings is 1. The molecule has 1 amide bonds. The molecular weight excluding hydrogens is 486 g/mol. The first kappa shape index (κ1) is 30.5. The number of allylic oxidation sites excluding steroid dienone is 2. The SMILES string of the molecule is CC(C=C[C@@H]1C[C@]2(CO2)CC(C)(C)O1)=CCC1OCC(NC(=O)CCC(C)O[Si](C)(C)C(C)(C)C)CO1. The van der Waals surface area contributed by atoms with Crippen LogP contribution in [-0.4, -0.2) is 69.8 Å². The summed E-state index contributed by atoms with van der Waals surface area (Å²) in [6.45, 7) is 21.4. The molecule has 212 valence electrons. The van der Waals surface area contributed by atoms with Crippen molar-refractivity contribution in [3.05, 3.63) is 23.8 Å². The van der Waals surface area contributed by atoms with Crippen molar-refractivity contribution in [3.63, 3.8) is 0 Å². The highest BCUT2D eigenvalue weighted by Crippen LogP contribution is 2.46. The maximum Gasteiger partial charge on any atom is 0.220 e. The summed E-state index contributed by atoms with van der Waals surface area (Å²) in [6.07, 6.45) is 9.94. The number of rotatable bonds is 10. The Morgan fingerprint density at radius 1 is 1.22 bits per heavy atom. The van der Waals surface area contributed by atoms with E-state index in [1.807, 2.05) is 0 Å². The molecule has 0 bridgehead atoms. The van der Waals surface area contributed by atoms with Gasteiger partial charge in [0.1, 0.15) is 0 Å². The van der Waals surface area contributed by atoms with Crippen molar-refractivity contribution in [3.8, 4) is 0 Å². The summed E-state index contributed by atoms with van der Waals surface area (Å²) in [5.41, 5.74) is 1.02. The molecule has 0 aromatic carbocycles. The van der Waals surface area contributed by atoms with Gasteiger partial charge in [0.25, 0.3) is 0 Å². The maximum absolute atomic E-state index is 12.5. The molecule has 1 N–H and O–H groups in total. The van der Waals surface area contributed by atoms with Crippen molar-refractivity contribution in [2.24, 2.45) is 0 Å². The summed E-state index contributed by atoms with van der Waals surface area (Å²) in [4.78, 5) is 12.5. The van der Waals surface area contributed by atoms with Gasteiger partial charge in [-0.15, -0.1) is 0 Å². The lowest BCUT2D eigenvalue weighted by molar-refractivity contribution is -0.188. The van der Waals surface area contributed by atoms with E-state index in [0.717, 1.165) is 25.0 Å². The molecule has 3 aliphatic rings. The zero-order valence-corrected chi connectivity index (χ0v) is 25.6. The van der Waals surface area contributed by atoms with Crippen LogP contribution in [0.1, 0.15) is 80.6 Å². The molecule has 3 saturated heterocycles. The first-order valence-corrected chi connectivity index (χ1v) is 16.9. The van der Waals surface area contributed by atoms with E-state index in [-0.39, 0.29) is 46.7 Å². The van der Waals surface area contributed by atoms with Gasteiger partial charge in [0, 0.05) is 31.8 Å². The van der Waals surface area contributed by atoms with Crippen molar-refractivity contribution < 1.29 is 28.2 Å². The van der Waals surface area contributed by atoms with Gasteiger partial charge >= 0.3 is 0 Å². The fraction of sp³-hybridized carbons (Fsp3) is 0.828. The second-order valence-corrected chi connectivity index (χ2v) is 18.2. The number of carbonyl (C=O) groups excluding carboxylic acids is 1. The molecule has 3 fully saturated rings. The maximum atomic E-state index is 12.5. The van der Waals surface area contributed by atoms with Crippen LogP contribution in [0.4, 0.5) is 0 Å². The van der Waals surface area contributed by atoms with Gasteiger partial charge in [0.15, 0.2) is 14.6 Å². The Kier molecular flexibility index (Phi) is 9.90. The molecule has 37 heavy (non-hydrogen) atoms. The molecule has 7 nitrogen and oxygen atoms in total. The minimum Gasteiger partial charge on any atom is -0.414 e. The second kappa shape index (κ2) is 12.0. The van der Waals surface area contributed by atoms with Crippen molar-refractivity contribution in [1.29, 1.82) is 0 Å². The summed E-state index contributed by atoms with van der Waals surface area (Å²) in [5.74, 6) is 0.0219. The quantitative estimate of drug-likeness (QED) is 0.220. The van der Waals surface area contributed by atoms with Gasteiger partial charge in [0.05, 0.1) is 43.2 Å². The van der Waals surface area contributed by atoms with Gasteiger partial charge in [-0.1, -0.05) is 44.6 Å². The summed E-state index contributed by atoms with van der Waals surface area (Å²) in [7, 11) is -1.82. The standard InChI is InChI=1S/C29H51NO6Si/c1-21(10-13-24-16-29(20-34-29)19-28(6,7)35-24)11-15-26-32-17-23(18-33-26)30-25(31)14-12-22(2)36-37(8,9)27(3,4)5/h10-11,13,22-24,26H,12,14-20H2,1-9H3,(H,30,31)/t22?,23?,24-,26?,29-/m1/s1. The van der Waals surface area contributed by atoms with Gasteiger partial charge in [-0.25, -0.2) is 0 Å². The van der Waals surface area contributed by atoms with Crippen LogP contribution in [0, 0.1) is 0 Å². The van der Waals surface area contributed by atoms with Crippen molar-refractivity contribution in [2.75, 3.05) is 19.8 Å². The lowest BCUT2D eigenvalue weighted by atomic mass is 9.85. The van der Waals surface area contributed by atoms with Crippen molar-refractivity contribution >= 4 is 14.2 Å². The highest BCUT2D eigenvalue weighted by molar-refractivity contribution is 6.74. The Hall–Kier alpha value is -1.03. The van der Waals surface area contributed by atoms with Crippen LogP contribution in [0.25, 0.3) is 0 Å². The third kappa shape index (κ3) is 9.58. The molecule has 0 radical (unpaired) electrons. The van der Waals surface area contributed by atoms with Gasteiger partial charge in [-0.3, -0.25) is 4.79 Å². The Balaban J connectivity index is 1.33. The lowest BCUT2D eigenvalue weighted by Crippen LogP contribution is -2.47. The van der Waals surface area contributed by atoms with Gasteiger partial charge in [-0.2, -0.15) is 0 Å². The van der Waals surface area contributed by atoms with E-state index in [9.17, 15) is 4.79 Å². The average molecular weight is 538 g/mol. The van der Waals surface area contributed by atoms with Crippen LogP contribution in [0.5, 0.6) is 0 Å². The molecule has 0 saturated carbocycles. The van der Waals surface area contributed by atoms with E-state index in [1.54, 1.807) is 0 Å². The minimum absolute atomic E-state index is 0.0219.